The number of imidazole rings is 1. The number of aromatic nitrogens is 2. The Bertz CT molecular complexity index is 1340. The van der Waals surface area contributed by atoms with E-state index in [0.717, 1.165) is 55.6 Å². The van der Waals surface area contributed by atoms with E-state index >= 15 is 0 Å². The number of fused-ring (bicyclic) bond motifs is 1. The van der Waals surface area contributed by atoms with E-state index in [1.165, 1.54) is 25.7 Å². The molecule has 1 amide bonds. The normalized spacial score (nSPS) is 17.4. The zero-order chi connectivity index (χ0) is 28.1. The fraction of sp³-hybridized carbons (Fsp3) is 0.516. The van der Waals surface area contributed by atoms with Crippen LogP contribution in [0.3, 0.4) is 0 Å². The summed E-state index contributed by atoms with van der Waals surface area (Å²) in [5, 5.41) is 16.3. The number of pyridine rings is 1. The summed E-state index contributed by atoms with van der Waals surface area (Å²) in [6.07, 6.45) is 12.9. The van der Waals surface area contributed by atoms with E-state index < -0.39 is 5.97 Å². The molecule has 2 aliphatic rings. The van der Waals surface area contributed by atoms with Crippen LogP contribution in [0.4, 0.5) is 5.82 Å². The third kappa shape index (κ3) is 6.18. The highest BCUT2D eigenvalue weighted by molar-refractivity contribution is 5.96. The Morgan fingerprint density at radius 2 is 1.68 bits per heavy atom. The van der Waals surface area contributed by atoms with Gasteiger partial charge in [-0.2, -0.15) is 0 Å². The van der Waals surface area contributed by atoms with E-state index in [0.29, 0.717) is 28.8 Å². The summed E-state index contributed by atoms with van der Waals surface area (Å²) < 4.78 is 13.0. The average molecular weight is 549 g/mol. The summed E-state index contributed by atoms with van der Waals surface area (Å²) in [7, 11) is 3.22. The molecule has 5 rings (SSSR count). The van der Waals surface area contributed by atoms with Gasteiger partial charge >= 0.3 is 5.97 Å². The van der Waals surface area contributed by atoms with Gasteiger partial charge in [-0.25, -0.2) is 4.98 Å². The minimum atomic E-state index is -0.891. The number of aliphatic carboxylic acids is 1. The molecule has 0 radical (unpaired) electrons. The summed E-state index contributed by atoms with van der Waals surface area (Å²) in [5.41, 5.74) is 2.76. The summed E-state index contributed by atoms with van der Waals surface area (Å²) in [5.74, 6) is 1.17. The van der Waals surface area contributed by atoms with Crippen molar-refractivity contribution < 1.29 is 24.2 Å². The SMILES string of the molecule is COc1ccc(-c2nc3cc(C(=O)NC(CC(=O)O)C4CCCCC4)ccn3c2NC2CCCCC2)cc1OC. The molecule has 2 aliphatic carbocycles. The Morgan fingerprint density at radius 1 is 0.975 bits per heavy atom. The van der Waals surface area contributed by atoms with E-state index in [-0.39, 0.29) is 24.3 Å². The standard InChI is InChI=1S/C31H40N4O5/c1-39-25-14-13-21(17-26(25)40-2)29-30(32-23-11-7-4-8-12-23)35-16-15-22(18-27(35)34-29)31(38)33-24(19-28(36)37)20-9-5-3-6-10-20/h13-18,20,23-24,32H,3-12,19H2,1-2H3,(H,33,38)(H,36,37). The molecule has 3 aromatic rings. The summed E-state index contributed by atoms with van der Waals surface area (Å²) in [4.78, 5) is 29.9. The van der Waals surface area contributed by atoms with Gasteiger partial charge in [0.1, 0.15) is 17.2 Å². The van der Waals surface area contributed by atoms with Gasteiger partial charge in [0.15, 0.2) is 11.5 Å². The van der Waals surface area contributed by atoms with E-state index in [9.17, 15) is 14.7 Å². The highest BCUT2D eigenvalue weighted by Crippen LogP contribution is 2.37. The maximum atomic E-state index is 13.4. The second-order valence-corrected chi connectivity index (χ2v) is 11.1. The number of ether oxygens (including phenoxy) is 2. The van der Waals surface area contributed by atoms with Gasteiger partial charge < -0.3 is 25.2 Å². The second kappa shape index (κ2) is 12.6. The van der Waals surface area contributed by atoms with Crippen molar-refractivity contribution in [2.45, 2.75) is 82.7 Å². The van der Waals surface area contributed by atoms with Crippen molar-refractivity contribution in [2.75, 3.05) is 19.5 Å². The number of nitrogens with zero attached hydrogens (tertiary/aromatic N) is 2. The van der Waals surface area contributed by atoms with Crippen molar-refractivity contribution in [3.05, 3.63) is 42.1 Å². The number of carbonyl (C=O) groups is 2. The molecule has 9 heteroatoms. The number of hydrogen-bond acceptors (Lipinski definition) is 6. The lowest BCUT2D eigenvalue weighted by molar-refractivity contribution is -0.137. The maximum absolute atomic E-state index is 13.4. The van der Waals surface area contributed by atoms with Crippen LogP contribution in [-0.4, -0.2) is 52.7 Å². The topological polar surface area (TPSA) is 114 Å². The molecule has 0 spiro atoms. The fourth-order valence-corrected chi connectivity index (χ4v) is 6.26. The Labute approximate surface area is 235 Å². The molecule has 2 saturated carbocycles. The number of benzene rings is 1. The van der Waals surface area contributed by atoms with Gasteiger partial charge in [-0.1, -0.05) is 38.5 Å². The number of methoxy groups -OCH3 is 2. The minimum Gasteiger partial charge on any atom is -0.493 e. The fourth-order valence-electron chi connectivity index (χ4n) is 6.26. The molecule has 1 unspecified atom stereocenters. The first kappa shape index (κ1) is 27.8. The largest absolute Gasteiger partial charge is 0.493 e. The van der Waals surface area contributed by atoms with E-state index in [1.54, 1.807) is 26.4 Å². The number of hydrogen-bond donors (Lipinski definition) is 3. The molecule has 1 atom stereocenters. The number of anilines is 1. The lowest BCUT2D eigenvalue weighted by atomic mass is 9.82. The lowest BCUT2D eigenvalue weighted by Crippen LogP contribution is -2.42. The first-order valence-electron chi connectivity index (χ1n) is 14.5. The van der Waals surface area contributed by atoms with Crippen molar-refractivity contribution in [3.63, 3.8) is 0 Å². The van der Waals surface area contributed by atoms with Crippen LogP contribution in [0.2, 0.25) is 0 Å². The number of carboxylic acids is 1. The number of rotatable bonds is 10. The highest BCUT2D eigenvalue weighted by atomic mass is 16.5. The van der Waals surface area contributed by atoms with Crippen molar-refractivity contribution in [1.29, 1.82) is 0 Å². The third-order valence-corrected chi connectivity index (χ3v) is 8.42. The summed E-state index contributed by atoms with van der Waals surface area (Å²) in [6, 6.07) is 9.28. The van der Waals surface area contributed by atoms with E-state index in [2.05, 4.69) is 10.6 Å². The Balaban J connectivity index is 1.48. The summed E-state index contributed by atoms with van der Waals surface area (Å²) >= 11 is 0. The van der Waals surface area contributed by atoms with E-state index in [4.69, 9.17) is 14.5 Å². The van der Waals surface area contributed by atoms with Gasteiger partial charge in [-0.05, 0) is 61.9 Å². The molecule has 2 heterocycles. The molecule has 2 aromatic heterocycles. The van der Waals surface area contributed by atoms with Crippen molar-refractivity contribution in [1.82, 2.24) is 14.7 Å². The number of carbonyl (C=O) groups excluding carboxylic acids is 1. The number of amides is 1. The predicted octanol–water partition coefficient (Wildman–Crippen LogP) is 5.92. The lowest BCUT2D eigenvalue weighted by Gasteiger charge is -2.30. The summed E-state index contributed by atoms with van der Waals surface area (Å²) in [6.45, 7) is 0. The monoisotopic (exact) mass is 548 g/mol. The molecule has 1 aromatic carbocycles. The maximum Gasteiger partial charge on any atom is 0.305 e. The molecule has 9 nitrogen and oxygen atoms in total. The molecule has 0 bridgehead atoms. The molecule has 40 heavy (non-hydrogen) atoms. The van der Waals surface area contributed by atoms with Crippen LogP contribution in [0.1, 0.15) is 81.0 Å². The Morgan fingerprint density at radius 3 is 2.35 bits per heavy atom. The minimum absolute atomic E-state index is 0.0685. The van der Waals surface area contributed by atoms with Gasteiger partial charge in [0.25, 0.3) is 5.91 Å². The van der Waals surface area contributed by atoms with Crippen LogP contribution in [0.5, 0.6) is 11.5 Å². The first-order valence-corrected chi connectivity index (χ1v) is 14.5. The van der Waals surface area contributed by atoms with E-state index in [1.807, 2.05) is 28.8 Å². The molecule has 2 fully saturated rings. The van der Waals surface area contributed by atoms with Crippen LogP contribution in [0, 0.1) is 5.92 Å². The van der Waals surface area contributed by atoms with Gasteiger partial charge in [0.2, 0.25) is 0 Å². The predicted molar refractivity (Wildman–Crippen MR) is 154 cm³/mol. The van der Waals surface area contributed by atoms with Crippen molar-refractivity contribution in [3.8, 4) is 22.8 Å². The van der Waals surface area contributed by atoms with Crippen LogP contribution in [0.25, 0.3) is 16.9 Å². The number of carboxylic acid groups (broad SMARTS) is 1. The zero-order valence-corrected chi connectivity index (χ0v) is 23.4. The second-order valence-electron chi connectivity index (χ2n) is 11.1. The highest BCUT2D eigenvalue weighted by Gasteiger charge is 2.28. The van der Waals surface area contributed by atoms with Crippen LogP contribution in [0.15, 0.2) is 36.5 Å². The molecular formula is C31H40N4O5. The molecule has 0 saturated heterocycles. The smallest absolute Gasteiger partial charge is 0.305 e. The third-order valence-electron chi connectivity index (χ3n) is 8.42. The van der Waals surface area contributed by atoms with Crippen LogP contribution >= 0.6 is 0 Å². The Hall–Kier alpha value is -3.75. The molecular weight excluding hydrogens is 508 g/mol. The van der Waals surface area contributed by atoms with Crippen LogP contribution < -0.4 is 20.1 Å². The molecule has 0 aliphatic heterocycles. The first-order chi connectivity index (χ1) is 19.5. The number of nitrogens with one attached hydrogen (secondary N) is 2. The van der Waals surface area contributed by atoms with Gasteiger partial charge in [0.05, 0.1) is 20.6 Å². The quantitative estimate of drug-likeness (QED) is 0.288. The van der Waals surface area contributed by atoms with Crippen LogP contribution in [-0.2, 0) is 4.79 Å². The van der Waals surface area contributed by atoms with Crippen molar-refractivity contribution >= 4 is 23.3 Å². The average Bonchev–Trinajstić information content (AvgIpc) is 3.34. The molecule has 3 N–H and O–H groups in total. The van der Waals surface area contributed by atoms with Gasteiger partial charge in [-0.15, -0.1) is 0 Å². The van der Waals surface area contributed by atoms with Gasteiger partial charge in [0, 0.05) is 29.4 Å². The molecule has 214 valence electrons. The van der Waals surface area contributed by atoms with Gasteiger partial charge in [-0.3, -0.25) is 14.0 Å². The zero-order valence-electron chi connectivity index (χ0n) is 23.4. The van der Waals surface area contributed by atoms with Crippen molar-refractivity contribution in [2.24, 2.45) is 5.92 Å². The Kier molecular flexibility index (Phi) is 8.77.